The van der Waals surface area contributed by atoms with E-state index >= 15 is 0 Å². The van der Waals surface area contributed by atoms with Crippen LogP contribution in [0.4, 0.5) is 23.1 Å². The fourth-order valence-electron chi connectivity index (χ4n) is 3.91. The summed E-state index contributed by atoms with van der Waals surface area (Å²) in [5.74, 6) is -0.321. The van der Waals surface area contributed by atoms with Crippen LogP contribution in [-0.2, 0) is 9.84 Å². The van der Waals surface area contributed by atoms with Gasteiger partial charge in [-0.1, -0.05) is 23.7 Å². The molecule has 0 amide bonds. The molecular formula is C28H36ClN5O3S. The molecule has 3 N–H and O–H groups in total. The van der Waals surface area contributed by atoms with Crippen LogP contribution in [0.5, 0.6) is 5.75 Å². The Morgan fingerprint density at radius 1 is 1.21 bits per heavy atom. The maximum absolute atomic E-state index is 13.1. The van der Waals surface area contributed by atoms with Gasteiger partial charge >= 0.3 is 0 Å². The number of ether oxygens (including phenoxy) is 1. The summed E-state index contributed by atoms with van der Waals surface area (Å²) in [6, 6.07) is 3.67. The maximum atomic E-state index is 13.1. The zero-order valence-corrected chi connectivity index (χ0v) is 23.4. The Morgan fingerprint density at radius 2 is 1.95 bits per heavy atom. The summed E-state index contributed by atoms with van der Waals surface area (Å²) in [4.78, 5) is 8.38. The first kappa shape index (κ1) is 20.1. The molecule has 1 aromatic heterocycles. The molecule has 204 valence electrons. The number of rotatable bonds is 9. The third-order valence-electron chi connectivity index (χ3n) is 5.87. The van der Waals surface area contributed by atoms with Crippen molar-refractivity contribution in [1.82, 2.24) is 15.3 Å². The highest BCUT2D eigenvalue weighted by atomic mass is 35.5. The SMILES string of the molecule is [2H]c1cc([2H])c(Nc2nc(Nc3c(OC(C)C)cc(C4CC([2H])([2H])NC([2H])([2H])C4)c(C)c3[2H])ncc2Cl)c(S(=O)(=O)C(C)C)c1. The topological polar surface area (TPSA) is 105 Å². The van der Waals surface area contributed by atoms with Crippen LogP contribution in [0.1, 0.15) is 67.2 Å². The van der Waals surface area contributed by atoms with Gasteiger partial charge in [0.15, 0.2) is 15.7 Å². The molecule has 0 bridgehead atoms. The summed E-state index contributed by atoms with van der Waals surface area (Å²) < 4.78 is 90.3. The zero-order valence-electron chi connectivity index (χ0n) is 28.9. The molecule has 2 aromatic carbocycles. The van der Waals surface area contributed by atoms with E-state index in [9.17, 15) is 8.42 Å². The second-order valence-corrected chi connectivity index (χ2v) is 12.3. The highest BCUT2D eigenvalue weighted by Crippen LogP contribution is 2.37. The number of anilines is 4. The van der Waals surface area contributed by atoms with Gasteiger partial charge in [0.2, 0.25) is 5.95 Å². The second-order valence-electron chi connectivity index (χ2n) is 9.41. The average Bonchev–Trinajstić information content (AvgIpc) is 2.89. The Kier molecular flexibility index (Phi) is 6.28. The third-order valence-corrected chi connectivity index (χ3v) is 8.32. The summed E-state index contributed by atoms with van der Waals surface area (Å²) in [5, 5.41) is 7.43. The van der Waals surface area contributed by atoms with Crippen LogP contribution < -0.4 is 20.7 Å². The monoisotopic (exact) mass is 564 g/mol. The number of sulfone groups is 1. The molecular weight excluding hydrogens is 522 g/mol. The molecule has 0 atom stereocenters. The molecule has 10 heteroatoms. The molecule has 38 heavy (non-hydrogen) atoms. The smallest absolute Gasteiger partial charge is 0.229 e. The molecule has 4 rings (SSSR count). The molecule has 1 aliphatic rings. The summed E-state index contributed by atoms with van der Waals surface area (Å²) >= 11 is 6.38. The maximum Gasteiger partial charge on any atom is 0.229 e. The highest BCUT2D eigenvalue weighted by molar-refractivity contribution is 7.92. The van der Waals surface area contributed by atoms with Crippen LogP contribution in [0.15, 0.2) is 47.4 Å². The molecule has 8 nitrogen and oxygen atoms in total. The van der Waals surface area contributed by atoms with E-state index in [-0.39, 0.29) is 75.9 Å². The fourth-order valence-corrected chi connectivity index (χ4v) is 5.18. The first-order valence-electron chi connectivity index (χ1n) is 15.7. The van der Waals surface area contributed by atoms with E-state index in [1.54, 1.807) is 26.8 Å². The number of nitrogens with one attached hydrogen (secondary N) is 3. The Labute approximate surface area is 240 Å². The minimum Gasteiger partial charge on any atom is -0.489 e. The summed E-state index contributed by atoms with van der Waals surface area (Å²) in [6.45, 7) is 4.40. The summed E-state index contributed by atoms with van der Waals surface area (Å²) in [7, 11) is -3.90. The minimum absolute atomic E-state index is 0.00368. The molecule has 0 unspecified atom stereocenters. The van der Waals surface area contributed by atoms with Crippen LogP contribution in [0.25, 0.3) is 0 Å². The molecule has 0 saturated carbocycles. The number of halogens is 1. The Balaban J connectivity index is 1.76. The lowest BCUT2D eigenvalue weighted by Crippen LogP contribution is -2.27. The van der Waals surface area contributed by atoms with Gasteiger partial charge in [0, 0.05) is 5.48 Å². The van der Waals surface area contributed by atoms with Crippen molar-refractivity contribution in [1.29, 1.82) is 0 Å². The van der Waals surface area contributed by atoms with Gasteiger partial charge in [-0.3, -0.25) is 0 Å². The van der Waals surface area contributed by atoms with Crippen LogP contribution in [0.2, 0.25) is 5.02 Å². The lowest BCUT2D eigenvalue weighted by Gasteiger charge is -2.26. The summed E-state index contributed by atoms with van der Waals surface area (Å²) in [5.41, 5.74) is 1.20. The van der Waals surface area contributed by atoms with Crippen molar-refractivity contribution in [3.05, 3.63) is 58.7 Å². The van der Waals surface area contributed by atoms with Gasteiger partial charge in [-0.05, 0) is 102 Å². The van der Waals surface area contributed by atoms with Gasteiger partial charge in [-0.15, -0.1) is 0 Å². The van der Waals surface area contributed by atoms with Gasteiger partial charge in [-0.25, -0.2) is 13.4 Å². The minimum atomic E-state index is -3.90. The van der Waals surface area contributed by atoms with E-state index in [1.165, 1.54) is 26.1 Å². The van der Waals surface area contributed by atoms with E-state index in [1.807, 2.05) is 0 Å². The van der Waals surface area contributed by atoms with Crippen LogP contribution >= 0.6 is 11.6 Å². The van der Waals surface area contributed by atoms with Crippen molar-refractivity contribution in [3.8, 4) is 5.75 Å². The first-order valence-corrected chi connectivity index (χ1v) is 14.1. The molecule has 3 aromatic rings. The van der Waals surface area contributed by atoms with E-state index in [0.717, 1.165) is 6.07 Å². The standard InChI is InChI=1S/C28H36ClN5O3S/c1-17(2)37-25-15-21(20-10-12-30-13-11-20)19(5)14-24(25)33-28-31-16-22(29)27(34-28)32-23-8-6-7-9-26(23)38(35,36)18(3)4/h6-9,14-18,20,30H,10-13H2,1-5H3,(H2,31,32,33,34)/i7D,8D,12D2,13D2,14D. The van der Waals surface area contributed by atoms with Crippen molar-refractivity contribution in [2.75, 3.05) is 23.6 Å². The number of hydrogen-bond donors (Lipinski definition) is 3. The fraction of sp³-hybridized carbons (Fsp3) is 0.429. The van der Waals surface area contributed by atoms with Gasteiger partial charge in [0.25, 0.3) is 0 Å². The van der Waals surface area contributed by atoms with E-state index in [4.69, 9.17) is 25.9 Å². The Hall–Kier alpha value is -2.88. The van der Waals surface area contributed by atoms with Crippen molar-refractivity contribution in [3.63, 3.8) is 0 Å². The molecule has 0 spiro atoms. The number of aromatic nitrogens is 2. The Morgan fingerprint density at radius 3 is 2.63 bits per heavy atom. The van der Waals surface area contributed by atoms with Crippen molar-refractivity contribution in [2.45, 2.75) is 69.6 Å². The van der Waals surface area contributed by atoms with E-state index in [2.05, 4.69) is 25.9 Å². The lowest BCUT2D eigenvalue weighted by molar-refractivity contribution is 0.243. The number of hydrogen-bond acceptors (Lipinski definition) is 8. The molecule has 0 aliphatic carbocycles. The second kappa shape index (κ2) is 11.9. The van der Waals surface area contributed by atoms with Gasteiger partial charge in [-0.2, -0.15) is 4.98 Å². The van der Waals surface area contributed by atoms with Gasteiger partial charge in [0.05, 0.1) is 37.9 Å². The molecule has 1 aliphatic heterocycles. The van der Waals surface area contributed by atoms with Crippen molar-refractivity contribution < 1.29 is 22.7 Å². The molecule has 1 saturated heterocycles. The van der Waals surface area contributed by atoms with E-state index < -0.39 is 34.0 Å². The quantitative estimate of drug-likeness (QED) is 0.275. The van der Waals surface area contributed by atoms with E-state index in [0.29, 0.717) is 11.1 Å². The first-order chi connectivity index (χ1) is 20.7. The highest BCUT2D eigenvalue weighted by Gasteiger charge is 2.24. The molecule has 2 heterocycles. The normalized spacial score (nSPS) is 19.9. The third kappa shape index (κ3) is 6.39. The largest absolute Gasteiger partial charge is 0.489 e. The molecule has 1 fully saturated rings. The Bertz CT molecular complexity index is 1710. The van der Waals surface area contributed by atoms with Crippen molar-refractivity contribution in [2.24, 2.45) is 0 Å². The van der Waals surface area contributed by atoms with Crippen LogP contribution in [-0.4, -0.2) is 42.7 Å². The molecule has 0 radical (unpaired) electrons. The number of piperidine rings is 1. The predicted octanol–water partition coefficient (Wildman–Crippen LogP) is 6.36. The lowest BCUT2D eigenvalue weighted by atomic mass is 9.87. The van der Waals surface area contributed by atoms with Crippen LogP contribution in [0, 0.1) is 6.92 Å². The van der Waals surface area contributed by atoms with Gasteiger partial charge < -0.3 is 20.7 Å². The van der Waals surface area contributed by atoms with Crippen LogP contribution in [0.3, 0.4) is 0 Å². The summed E-state index contributed by atoms with van der Waals surface area (Å²) in [6.07, 6.45) is 0.963. The predicted molar refractivity (Wildman–Crippen MR) is 154 cm³/mol. The number of nitrogens with zero attached hydrogens (tertiary/aromatic N) is 2. The average molecular weight is 565 g/mol. The van der Waals surface area contributed by atoms with Crippen molar-refractivity contribution >= 4 is 44.6 Å². The number of benzene rings is 2. The van der Waals surface area contributed by atoms with Gasteiger partial charge in [0.1, 0.15) is 10.8 Å². The zero-order chi connectivity index (χ0) is 33.6. The number of para-hydroxylation sites is 1.